The number of anilines is 1. The van der Waals surface area contributed by atoms with E-state index in [2.05, 4.69) is 4.98 Å². The Morgan fingerprint density at radius 3 is 2.56 bits per heavy atom. The average Bonchev–Trinajstić information content (AvgIpc) is 2.68. The zero-order valence-electron chi connectivity index (χ0n) is 14.7. The molecule has 0 aliphatic carbocycles. The minimum absolute atomic E-state index is 0.00919. The number of aromatic nitrogens is 1. The molecule has 0 unspecified atom stereocenters. The number of carbonyl (C=O) groups is 1. The van der Waals surface area contributed by atoms with Crippen molar-refractivity contribution < 1.29 is 18.3 Å². The Bertz CT molecular complexity index is 919. The van der Waals surface area contributed by atoms with Crippen LogP contribution in [0.15, 0.2) is 72.9 Å². The normalized spacial score (nSPS) is 11.7. The molecule has 2 aromatic carbocycles. The van der Waals surface area contributed by atoms with Crippen LogP contribution >= 0.6 is 0 Å². The van der Waals surface area contributed by atoms with Gasteiger partial charge in [-0.25, -0.2) is 13.8 Å². The van der Waals surface area contributed by atoms with Gasteiger partial charge < -0.3 is 4.74 Å². The van der Waals surface area contributed by atoms with Gasteiger partial charge in [-0.05, 0) is 48.9 Å². The number of hydrogen-bond acceptors (Lipinski definition) is 3. The number of pyridine rings is 1. The topological polar surface area (TPSA) is 42.4 Å². The van der Waals surface area contributed by atoms with E-state index in [0.29, 0.717) is 11.4 Å². The van der Waals surface area contributed by atoms with Crippen molar-refractivity contribution in [2.75, 3.05) is 4.90 Å². The molecule has 3 rings (SSSR count). The fourth-order valence-electron chi connectivity index (χ4n) is 2.60. The lowest BCUT2D eigenvalue weighted by molar-refractivity contribution is -0.124. The largest absolute Gasteiger partial charge is 0.478 e. The number of para-hydroxylation sites is 1. The number of nitrogens with zero attached hydrogens (tertiary/aromatic N) is 2. The van der Waals surface area contributed by atoms with Gasteiger partial charge in [0, 0.05) is 6.20 Å². The Labute approximate surface area is 156 Å². The first-order valence-corrected chi connectivity index (χ1v) is 8.42. The number of hydrogen-bond donors (Lipinski definition) is 0. The van der Waals surface area contributed by atoms with Crippen LogP contribution in [0.1, 0.15) is 12.5 Å². The van der Waals surface area contributed by atoms with Crippen molar-refractivity contribution in [2.24, 2.45) is 0 Å². The first-order chi connectivity index (χ1) is 13.0. The molecule has 3 aromatic rings. The molecule has 4 nitrogen and oxygen atoms in total. The van der Waals surface area contributed by atoms with E-state index in [0.717, 1.165) is 0 Å². The van der Waals surface area contributed by atoms with Gasteiger partial charge in [-0.3, -0.25) is 9.69 Å². The molecule has 0 aliphatic rings. The fraction of sp³-hybridized carbons (Fsp3) is 0.143. The molecule has 27 heavy (non-hydrogen) atoms. The number of benzene rings is 2. The molecule has 0 spiro atoms. The third-order valence-electron chi connectivity index (χ3n) is 3.91. The highest BCUT2D eigenvalue weighted by Crippen LogP contribution is 2.21. The van der Waals surface area contributed by atoms with E-state index in [1.807, 2.05) is 0 Å². The Balaban J connectivity index is 1.85. The quantitative estimate of drug-likeness (QED) is 0.649. The maximum absolute atomic E-state index is 13.8. The predicted octanol–water partition coefficient (Wildman–Crippen LogP) is 4.36. The van der Waals surface area contributed by atoms with Crippen molar-refractivity contribution in [1.29, 1.82) is 0 Å². The molecule has 0 saturated heterocycles. The number of ether oxygens (including phenoxy) is 1. The summed E-state index contributed by atoms with van der Waals surface area (Å²) in [5, 5.41) is 0. The van der Waals surface area contributed by atoms with E-state index in [1.54, 1.807) is 48.7 Å². The van der Waals surface area contributed by atoms with Crippen molar-refractivity contribution in [3.05, 3.63) is 90.1 Å². The van der Waals surface area contributed by atoms with Crippen LogP contribution in [0.25, 0.3) is 0 Å². The summed E-state index contributed by atoms with van der Waals surface area (Å²) in [6.07, 6.45) is 0.598. The van der Waals surface area contributed by atoms with E-state index >= 15 is 0 Å². The van der Waals surface area contributed by atoms with Gasteiger partial charge >= 0.3 is 0 Å². The van der Waals surface area contributed by atoms with Crippen LogP contribution in [0, 0.1) is 11.6 Å². The van der Waals surface area contributed by atoms with Gasteiger partial charge in [0.2, 0.25) is 0 Å². The molecular formula is C21H18F2N2O2. The van der Waals surface area contributed by atoms with Gasteiger partial charge in [-0.1, -0.05) is 30.3 Å². The van der Waals surface area contributed by atoms with Gasteiger partial charge in [-0.2, -0.15) is 0 Å². The number of carbonyl (C=O) groups excluding carboxylic acids is 1. The van der Waals surface area contributed by atoms with Gasteiger partial charge in [0.05, 0.1) is 6.54 Å². The molecule has 1 amide bonds. The van der Waals surface area contributed by atoms with Crippen LogP contribution in [0.3, 0.4) is 0 Å². The molecule has 1 atom stereocenters. The summed E-state index contributed by atoms with van der Waals surface area (Å²) in [6, 6.07) is 17.0. The second-order valence-corrected chi connectivity index (χ2v) is 5.93. The molecule has 0 saturated carbocycles. The third kappa shape index (κ3) is 4.67. The van der Waals surface area contributed by atoms with Crippen LogP contribution in [-0.2, 0) is 11.3 Å². The van der Waals surface area contributed by atoms with Gasteiger partial charge in [0.1, 0.15) is 11.6 Å². The Morgan fingerprint density at radius 1 is 1.07 bits per heavy atom. The van der Waals surface area contributed by atoms with Crippen LogP contribution in [0.5, 0.6) is 5.75 Å². The Hall–Kier alpha value is -3.28. The van der Waals surface area contributed by atoms with E-state index in [9.17, 15) is 13.6 Å². The highest BCUT2D eigenvalue weighted by atomic mass is 19.1. The zero-order valence-corrected chi connectivity index (χ0v) is 14.7. The van der Waals surface area contributed by atoms with Gasteiger partial charge in [-0.15, -0.1) is 0 Å². The molecular weight excluding hydrogens is 350 g/mol. The standard InChI is InChI=1S/C21H18F2N2O2/c1-15(27-19-10-3-2-9-18(19)23)21(26)25(20-11-4-5-12-24-20)14-16-7-6-8-17(22)13-16/h2-13,15H,14H2,1H3/t15-/m1/s1. The second kappa shape index (κ2) is 8.40. The number of halogens is 2. The first kappa shape index (κ1) is 18.5. The first-order valence-electron chi connectivity index (χ1n) is 8.42. The molecule has 1 aromatic heterocycles. The highest BCUT2D eigenvalue weighted by molar-refractivity contribution is 5.95. The van der Waals surface area contributed by atoms with Crippen molar-refractivity contribution in [3.8, 4) is 5.75 Å². The molecule has 138 valence electrons. The summed E-state index contributed by atoms with van der Waals surface area (Å²) < 4.78 is 32.9. The van der Waals surface area contributed by atoms with E-state index in [4.69, 9.17) is 4.74 Å². The monoisotopic (exact) mass is 368 g/mol. The van der Waals surface area contributed by atoms with Crippen molar-refractivity contribution >= 4 is 11.7 Å². The van der Waals surface area contributed by atoms with Gasteiger partial charge in [0.15, 0.2) is 17.7 Å². The molecule has 0 radical (unpaired) electrons. The van der Waals surface area contributed by atoms with E-state index in [1.165, 1.54) is 36.1 Å². The number of amides is 1. The van der Waals surface area contributed by atoms with Crippen LogP contribution in [0.4, 0.5) is 14.6 Å². The average molecular weight is 368 g/mol. The SMILES string of the molecule is C[C@@H](Oc1ccccc1F)C(=O)N(Cc1cccc(F)c1)c1ccccn1. The Kier molecular flexibility index (Phi) is 5.76. The van der Waals surface area contributed by atoms with E-state index < -0.39 is 23.6 Å². The van der Waals surface area contributed by atoms with Crippen molar-refractivity contribution in [1.82, 2.24) is 4.98 Å². The van der Waals surface area contributed by atoms with Crippen LogP contribution < -0.4 is 9.64 Å². The molecule has 0 aliphatic heterocycles. The van der Waals surface area contributed by atoms with Crippen molar-refractivity contribution in [3.63, 3.8) is 0 Å². The summed E-state index contributed by atoms with van der Waals surface area (Å²) in [7, 11) is 0. The third-order valence-corrected chi connectivity index (χ3v) is 3.91. The van der Waals surface area contributed by atoms with Gasteiger partial charge in [0.25, 0.3) is 5.91 Å². The predicted molar refractivity (Wildman–Crippen MR) is 98.3 cm³/mol. The smallest absolute Gasteiger partial charge is 0.269 e. The lowest BCUT2D eigenvalue weighted by Crippen LogP contribution is -2.40. The summed E-state index contributed by atoms with van der Waals surface area (Å²) in [6.45, 7) is 1.65. The second-order valence-electron chi connectivity index (χ2n) is 5.93. The molecule has 1 heterocycles. The summed E-state index contributed by atoms with van der Waals surface area (Å²) in [5.74, 6) is -0.967. The lowest BCUT2D eigenvalue weighted by atomic mass is 10.2. The fourth-order valence-corrected chi connectivity index (χ4v) is 2.60. The molecule has 0 bridgehead atoms. The highest BCUT2D eigenvalue weighted by Gasteiger charge is 2.25. The number of rotatable bonds is 6. The van der Waals surface area contributed by atoms with Crippen molar-refractivity contribution in [2.45, 2.75) is 19.6 Å². The summed E-state index contributed by atoms with van der Waals surface area (Å²) in [5.41, 5.74) is 0.604. The molecule has 6 heteroatoms. The lowest BCUT2D eigenvalue weighted by Gasteiger charge is -2.25. The van der Waals surface area contributed by atoms with E-state index in [-0.39, 0.29) is 12.3 Å². The zero-order chi connectivity index (χ0) is 19.2. The summed E-state index contributed by atoms with van der Waals surface area (Å²) >= 11 is 0. The molecule has 0 N–H and O–H groups in total. The van der Waals surface area contributed by atoms with Crippen LogP contribution in [0.2, 0.25) is 0 Å². The minimum Gasteiger partial charge on any atom is -0.478 e. The molecule has 0 fully saturated rings. The minimum atomic E-state index is -0.961. The maximum Gasteiger partial charge on any atom is 0.269 e. The Morgan fingerprint density at radius 2 is 1.85 bits per heavy atom. The van der Waals surface area contributed by atoms with Crippen LogP contribution in [-0.4, -0.2) is 17.0 Å². The maximum atomic E-state index is 13.8. The summed E-state index contributed by atoms with van der Waals surface area (Å²) in [4.78, 5) is 18.6.